The van der Waals surface area contributed by atoms with Gasteiger partial charge in [0.2, 0.25) is 5.91 Å². The predicted octanol–water partition coefficient (Wildman–Crippen LogP) is 5.65. The highest BCUT2D eigenvalue weighted by Gasteiger charge is 2.29. The van der Waals surface area contributed by atoms with E-state index in [1.165, 1.54) is 36.4 Å². The van der Waals surface area contributed by atoms with Gasteiger partial charge in [-0.15, -0.1) is 0 Å². The van der Waals surface area contributed by atoms with Crippen LogP contribution in [0.25, 0.3) is 0 Å². The Morgan fingerprint density at radius 2 is 1.29 bits per heavy atom. The Kier molecular flexibility index (Phi) is 8.76. The minimum atomic E-state index is -4.17. The van der Waals surface area contributed by atoms with Gasteiger partial charge < -0.3 is 9.64 Å². The number of ether oxygens (including phenoxy) is 1. The van der Waals surface area contributed by atoms with Crippen molar-refractivity contribution >= 4 is 21.6 Å². The Morgan fingerprint density at radius 3 is 1.79 bits per heavy atom. The summed E-state index contributed by atoms with van der Waals surface area (Å²) in [5.74, 6) is -0.363. The zero-order chi connectivity index (χ0) is 27.0. The number of hydrogen-bond acceptors (Lipinski definition) is 4. The van der Waals surface area contributed by atoms with Gasteiger partial charge in [0.05, 0.1) is 17.2 Å². The molecule has 0 spiro atoms. The van der Waals surface area contributed by atoms with Crippen LogP contribution in [-0.4, -0.2) is 32.4 Å². The number of hydrogen-bond donors (Lipinski definition) is 0. The Balaban J connectivity index is 1.68. The lowest BCUT2D eigenvalue weighted by Gasteiger charge is -2.29. The topological polar surface area (TPSA) is 66.9 Å². The number of rotatable bonds is 11. The monoisotopic (exact) mass is 532 g/mol. The van der Waals surface area contributed by atoms with Crippen molar-refractivity contribution in [1.82, 2.24) is 4.90 Å². The van der Waals surface area contributed by atoms with Gasteiger partial charge in [0, 0.05) is 13.1 Å². The third kappa shape index (κ3) is 6.77. The largest absolute Gasteiger partial charge is 0.494 e. The number of nitrogens with zero attached hydrogens (tertiary/aromatic N) is 2. The van der Waals surface area contributed by atoms with E-state index < -0.39 is 28.3 Å². The summed E-state index contributed by atoms with van der Waals surface area (Å²) in [6.45, 7) is 2.43. The molecule has 6 nitrogen and oxygen atoms in total. The van der Waals surface area contributed by atoms with Crippen molar-refractivity contribution in [1.29, 1.82) is 0 Å². The van der Waals surface area contributed by atoms with Crippen LogP contribution < -0.4 is 9.04 Å². The molecular formula is C30H29FN2O4S. The molecule has 4 rings (SSSR count). The molecule has 0 radical (unpaired) electrons. The van der Waals surface area contributed by atoms with Gasteiger partial charge in [-0.1, -0.05) is 60.7 Å². The van der Waals surface area contributed by atoms with E-state index in [9.17, 15) is 17.6 Å². The summed E-state index contributed by atoms with van der Waals surface area (Å²) < 4.78 is 47.7. The quantitative estimate of drug-likeness (QED) is 0.250. The van der Waals surface area contributed by atoms with Crippen LogP contribution in [0.3, 0.4) is 0 Å². The maximum absolute atomic E-state index is 13.8. The molecule has 0 atom stereocenters. The summed E-state index contributed by atoms with van der Waals surface area (Å²) in [5, 5.41) is 0. The van der Waals surface area contributed by atoms with E-state index in [-0.39, 0.29) is 10.6 Å². The van der Waals surface area contributed by atoms with Gasteiger partial charge in [-0.05, 0) is 66.6 Å². The second-order valence-corrected chi connectivity index (χ2v) is 10.5. The molecule has 0 saturated heterocycles. The van der Waals surface area contributed by atoms with Gasteiger partial charge in [0.1, 0.15) is 18.1 Å². The summed E-state index contributed by atoms with van der Waals surface area (Å²) in [4.78, 5) is 15.4. The van der Waals surface area contributed by atoms with E-state index in [1.54, 1.807) is 17.0 Å². The maximum Gasteiger partial charge on any atom is 0.264 e. The predicted molar refractivity (Wildman–Crippen MR) is 146 cm³/mol. The van der Waals surface area contributed by atoms with Crippen LogP contribution in [0.2, 0.25) is 0 Å². The van der Waals surface area contributed by atoms with Gasteiger partial charge in [-0.3, -0.25) is 9.10 Å². The summed E-state index contributed by atoms with van der Waals surface area (Å²) >= 11 is 0. The van der Waals surface area contributed by atoms with E-state index in [0.717, 1.165) is 15.4 Å². The first-order chi connectivity index (χ1) is 18.4. The Morgan fingerprint density at radius 1 is 0.763 bits per heavy atom. The van der Waals surface area contributed by atoms with E-state index >= 15 is 0 Å². The first-order valence-electron chi connectivity index (χ1n) is 12.2. The molecule has 196 valence electrons. The lowest BCUT2D eigenvalue weighted by Crippen LogP contribution is -2.42. The molecule has 0 aliphatic carbocycles. The van der Waals surface area contributed by atoms with Crippen molar-refractivity contribution in [3.05, 3.63) is 126 Å². The number of carbonyl (C=O) groups is 1. The number of anilines is 1. The second kappa shape index (κ2) is 12.4. The van der Waals surface area contributed by atoms with Gasteiger partial charge in [0.25, 0.3) is 10.0 Å². The van der Waals surface area contributed by atoms with E-state index in [1.807, 2.05) is 67.6 Å². The average Bonchev–Trinajstić information content (AvgIpc) is 2.93. The summed E-state index contributed by atoms with van der Waals surface area (Å²) in [6, 6.07) is 30.1. The molecule has 38 heavy (non-hydrogen) atoms. The highest BCUT2D eigenvalue weighted by Crippen LogP contribution is 2.26. The number of amides is 1. The van der Waals surface area contributed by atoms with Crippen LogP contribution in [0.5, 0.6) is 5.75 Å². The maximum atomic E-state index is 13.8. The van der Waals surface area contributed by atoms with E-state index in [4.69, 9.17) is 4.74 Å². The Hall–Kier alpha value is -4.17. The van der Waals surface area contributed by atoms with Gasteiger partial charge in [-0.2, -0.15) is 0 Å². The molecule has 4 aromatic rings. The van der Waals surface area contributed by atoms with Crippen molar-refractivity contribution in [3.8, 4) is 5.75 Å². The van der Waals surface area contributed by atoms with Crippen molar-refractivity contribution in [2.45, 2.75) is 24.9 Å². The summed E-state index contributed by atoms with van der Waals surface area (Å²) in [5.41, 5.74) is 2.02. The van der Waals surface area contributed by atoms with Crippen LogP contribution in [0.1, 0.15) is 18.1 Å². The van der Waals surface area contributed by atoms with Crippen LogP contribution >= 0.6 is 0 Å². The van der Waals surface area contributed by atoms with Gasteiger partial charge >= 0.3 is 0 Å². The molecule has 0 aromatic heterocycles. The lowest BCUT2D eigenvalue weighted by molar-refractivity contribution is -0.130. The highest BCUT2D eigenvalue weighted by molar-refractivity contribution is 7.92. The molecule has 0 saturated carbocycles. The molecule has 0 bridgehead atoms. The molecule has 0 aliphatic heterocycles. The Bertz CT molecular complexity index is 1390. The molecule has 0 unspecified atom stereocenters. The zero-order valence-electron chi connectivity index (χ0n) is 21.0. The van der Waals surface area contributed by atoms with E-state index in [0.29, 0.717) is 25.4 Å². The van der Waals surface area contributed by atoms with Crippen molar-refractivity contribution < 1.29 is 22.3 Å². The molecule has 0 N–H and O–H groups in total. The zero-order valence-corrected chi connectivity index (χ0v) is 21.9. The second-order valence-electron chi connectivity index (χ2n) is 8.61. The highest BCUT2D eigenvalue weighted by atomic mass is 32.2. The normalized spacial score (nSPS) is 11.1. The lowest BCUT2D eigenvalue weighted by atomic mass is 10.1. The fourth-order valence-corrected chi connectivity index (χ4v) is 5.40. The molecular weight excluding hydrogens is 503 g/mol. The van der Waals surface area contributed by atoms with Crippen molar-refractivity contribution in [3.63, 3.8) is 0 Å². The SMILES string of the molecule is CCOc1ccc(S(=O)(=O)N(CC(=O)N(Cc2ccccc2)Cc2ccccc2)c2ccc(F)cc2)cc1. The third-order valence-corrected chi connectivity index (χ3v) is 7.69. The molecule has 8 heteroatoms. The van der Waals surface area contributed by atoms with Crippen LogP contribution in [0.4, 0.5) is 10.1 Å². The Labute approximate surface area is 223 Å². The van der Waals surface area contributed by atoms with Crippen molar-refractivity contribution in [2.75, 3.05) is 17.5 Å². The first kappa shape index (κ1) is 26.9. The minimum Gasteiger partial charge on any atom is -0.494 e. The molecule has 0 fully saturated rings. The van der Waals surface area contributed by atoms with E-state index in [2.05, 4.69) is 0 Å². The fourth-order valence-electron chi connectivity index (χ4n) is 3.99. The minimum absolute atomic E-state index is 0.00394. The fraction of sp³-hybridized carbons (Fsp3) is 0.167. The van der Waals surface area contributed by atoms with Gasteiger partial charge in [0.15, 0.2) is 0 Å². The van der Waals surface area contributed by atoms with Crippen LogP contribution in [0, 0.1) is 5.82 Å². The molecule has 1 amide bonds. The molecule has 4 aromatic carbocycles. The number of benzene rings is 4. The number of halogens is 1. The average molecular weight is 533 g/mol. The smallest absolute Gasteiger partial charge is 0.264 e. The molecule has 0 aliphatic rings. The third-order valence-electron chi connectivity index (χ3n) is 5.90. The van der Waals surface area contributed by atoms with Crippen molar-refractivity contribution in [2.24, 2.45) is 0 Å². The summed E-state index contributed by atoms with van der Waals surface area (Å²) in [7, 11) is -4.17. The number of carbonyl (C=O) groups excluding carboxylic acids is 1. The van der Waals surface area contributed by atoms with Crippen LogP contribution in [0.15, 0.2) is 114 Å². The first-order valence-corrected chi connectivity index (χ1v) is 13.7. The van der Waals surface area contributed by atoms with Crippen LogP contribution in [-0.2, 0) is 27.9 Å². The van der Waals surface area contributed by atoms with Gasteiger partial charge in [-0.25, -0.2) is 12.8 Å². The standard InChI is InChI=1S/C30H29FN2O4S/c1-2-37-28-17-19-29(20-18-28)38(35,36)33(27-15-13-26(31)14-16-27)23-30(34)32(21-24-9-5-3-6-10-24)22-25-11-7-4-8-12-25/h3-20H,2,21-23H2,1H3. The molecule has 0 heterocycles. The number of sulfonamides is 1. The summed E-state index contributed by atoms with van der Waals surface area (Å²) in [6.07, 6.45) is 0.